The number of benzene rings is 1. The summed E-state index contributed by atoms with van der Waals surface area (Å²) in [6.07, 6.45) is 3.76. The molecule has 2 aliphatic rings. The molecule has 0 unspecified atom stereocenters. The van der Waals surface area contributed by atoms with Crippen molar-refractivity contribution in [2.45, 2.75) is 64.8 Å². The van der Waals surface area contributed by atoms with Gasteiger partial charge in [0.1, 0.15) is 23.6 Å². The lowest BCUT2D eigenvalue weighted by atomic mass is 9.58. The molecule has 8 heteroatoms. The van der Waals surface area contributed by atoms with E-state index < -0.39 is 0 Å². The van der Waals surface area contributed by atoms with Crippen molar-refractivity contribution in [3.8, 4) is 5.75 Å². The molecule has 8 nitrogen and oxygen atoms in total. The van der Waals surface area contributed by atoms with E-state index in [2.05, 4.69) is 67.6 Å². The molecule has 1 aliphatic carbocycles. The Morgan fingerprint density at radius 1 is 1.24 bits per heavy atom. The van der Waals surface area contributed by atoms with E-state index in [4.69, 9.17) is 9.72 Å². The van der Waals surface area contributed by atoms with Gasteiger partial charge in [-0.3, -0.25) is 4.79 Å². The molecular weight excluding hydrogens is 464 g/mol. The minimum atomic E-state index is -0.248. The van der Waals surface area contributed by atoms with Gasteiger partial charge in [0, 0.05) is 30.3 Å². The Hall–Kier alpha value is -3.26. The SMILES string of the molecule is CC(C)CNCc1cc(C(=O)Nc2cccc(C3(c4nncn4C)CC(C)C3)c2)nc2c1OCC2(C)C. The number of hydrogen-bond donors (Lipinski definition) is 2. The van der Waals surface area contributed by atoms with Crippen molar-refractivity contribution in [3.63, 3.8) is 0 Å². The van der Waals surface area contributed by atoms with Crippen LogP contribution in [0.2, 0.25) is 0 Å². The topological polar surface area (TPSA) is 94.0 Å². The van der Waals surface area contributed by atoms with E-state index >= 15 is 0 Å². The second kappa shape index (κ2) is 9.56. The fourth-order valence-corrected chi connectivity index (χ4v) is 5.75. The monoisotopic (exact) mass is 502 g/mol. The average molecular weight is 503 g/mol. The van der Waals surface area contributed by atoms with Crippen LogP contribution in [0.5, 0.6) is 5.75 Å². The summed E-state index contributed by atoms with van der Waals surface area (Å²) in [6, 6.07) is 9.99. The highest BCUT2D eigenvalue weighted by atomic mass is 16.5. The van der Waals surface area contributed by atoms with Crippen molar-refractivity contribution < 1.29 is 9.53 Å². The van der Waals surface area contributed by atoms with E-state index in [0.29, 0.717) is 30.7 Å². The van der Waals surface area contributed by atoms with E-state index in [9.17, 15) is 4.79 Å². The van der Waals surface area contributed by atoms with Crippen LogP contribution in [-0.4, -0.2) is 38.8 Å². The van der Waals surface area contributed by atoms with Crippen LogP contribution in [0.25, 0.3) is 0 Å². The Bertz CT molecular complexity index is 1310. The Balaban J connectivity index is 1.42. The van der Waals surface area contributed by atoms with Crippen molar-refractivity contribution in [3.05, 3.63) is 65.0 Å². The zero-order chi connectivity index (χ0) is 26.4. The van der Waals surface area contributed by atoms with Crippen LogP contribution in [-0.2, 0) is 24.4 Å². The van der Waals surface area contributed by atoms with Crippen LogP contribution in [0, 0.1) is 11.8 Å². The Labute approximate surface area is 219 Å². The van der Waals surface area contributed by atoms with Crippen molar-refractivity contribution in [2.75, 3.05) is 18.5 Å². The number of carbonyl (C=O) groups is 1. The lowest BCUT2D eigenvalue weighted by molar-refractivity contribution is 0.102. The Morgan fingerprint density at radius 3 is 2.70 bits per heavy atom. The molecule has 1 aromatic carbocycles. The number of aryl methyl sites for hydroxylation is 1. The van der Waals surface area contributed by atoms with Gasteiger partial charge in [0.15, 0.2) is 0 Å². The number of aromatic nitrogens is 4. The van der Waals surface area contributed by atoms with Crippen LogP contribution in [0.1, 0.15) is 80.6 Å². The first kappa shape index (κ1) is 25.4. The van der Waals surface area contributed by atoms with E-state index in [-0.39, 0.29) is 16.7 Å². The van der Waals surface area contributed by atoms with Crippen molar-refractivity contribution in [2.24, 2.45) is 18.9 Å². The maximum Gasteiger partial charge on any atom is 0.274 e. The lowest BCUT2D eigenvalue weighted by Gasteiger charge is -2.46. The quantitative estimate of drug-likeness (QED) is 0.468. The Morgan fingerprint density at radius 2 is 2.03 bits per heavy atom. The minimum Gasteiger partial charge on any atom is -0.490 e. The molecule has 0 saturated heterocycles. The summed E-state index contributed by atoms with van der Waals surface area (Å²) in [7, 11) is 1.99. The van der Waals surface area contributed by atoms with Gasteiger partial charge < -0.3 is 19.9 Å². The van der Waals surface area contributed by atoms with Crippen LogP contribution >= 0.6 is 0 Å². The third-order valence-electron chi connectivity index (χ3n) is 7.58. The molecule has 2 aromatic heterocycles. The average Bonchev–Trinajstić information content (AvgIpc) is 3.39. The summed E-state index contributed by atoms with van der Waals surface area (Å²) in [5.74, 6) is 2.70. The summed E-state index contributed by atoms with van der Waals surface area (Å²) < 4.78 is 8.04. The number of pyridine rings is 1. The molecule has 1 saturated carbocycles. The number of nitrogens with one attached hydrogen (secondary N) is 2. The lowest BCUT2D eigenvalue weighted by Crippen LogP contribution is -2.43. The fourth-order valence-electron chi connectivity index (χ4n) is 5.75. The highest BCUT2D eigenvalue weighted by molar-refractivity contribution is 6.03. The number of ether oxygens (including phenoxy) is 1. The summed E-state index contributed by atoms with van der Waals surface area (Å²) in [6.45, 7) is 12.9. The molecule has 0 bridgehead atoms. The van der Waals surface area contributed by atoms with Gasteiger partial charge >= 0.3 is 0 Å². The summed E-state index contributed by atoms with van der Waals surface area (Å²) in [5, 5.41) is 15.2. The summed E-state index contributed by atoms with van der Waals surface area (Å²) >= 11 is 0. The molecule has 0 radical (unpaired) electrons. The molecule has 3 aromatic rings. The van der Waals surface area contributed by atoms with Crippen LogP contribution in [0.15, 0.2) is 36.7 Å². The third kappa shape index (κ3) is 4.75. The van der Waals surface area contributed by atoms with Gasteiger partial charge in [0.2, 0.25) is 0 Å². The molecule has 0 atom stereocenters. The van der Waals surface area contributed by atoms with Gasteiger partial charge in [0.05, 0.1) is 17.7 Å². The molecule has 1 aliphatic heterocycles. The minimum absolute atomic E-state index is 0.187. The first-order valence-electron chi connectivity index (χ1n) is 13.2. The smallest absolute Gasteiger partial charge is 0.274 e. The highest BCUT2D eigenvalue weighted by Gasteiger charge is 2.48. The second-order valence-electron chi connectivity index (χ2n) is 11.9. The molecule has 37 heavy (non-hydrogen) atoms. The van der Waals surface area contributed by atoms with E-state index in [1.54, 1.807) is 6.33 Å². The van der Waals surface area contributed by atoms with Crippen molar-refractivity contribution in [1.29, 1.82) is 0 Å². The van der Waals surface area contributed by atoms with E-state index in [1.165, 1.54) is 0 Å². The van der Waals surface area contributed by atoms with Gasteiger partial charge in [-0.1, -0.05) is 46.8 Å². The highest BCUT2D eigenvalue weighted by Crippen LogP contribution is 2.51. The molecule has 1 fully saturated rings. The first-order valence-corrected chi connectivity index (χ1v) is 13.2. The molecule has 0 spiro atoms. The third-order valence-corrected chi connectivity index (χ3v) is 7.58. The predicted molar refractivity (Wildman–Crippen MR) is 144 cm³/mol. The van der Waals surface area contributed by atoms with Gasteiger partial charge in [-0.05, 0) is 55.0 Å². The zero-order valence-corrected chi connectivity index (χ0v) is 22.8. The maximum absolute atomic E-state index is 13.5. The first-order chi connectivity index (χ1) is 17.6. The normalized spacial score (nSPS) is 21.9. The second-order valence-corrected chi connectivity index (χ2v) is 11.9. The van der Waals surface area contributed by atoms with Crippen LogP contribution < -0.4 is 15.4 Å². The molecule has 5 rings (SSSR count). The van der Waals surface area contributed by atoms with Gasteiger partial charge in [0.25, 0.3) is 5.91 Å². The summed E-state index contributed by atoms with van der Waals surface area (Å²) in [5.41, 5.74) is 3.69. The standard InChI is InChI=1S/C29H38N6O2/c1-18(2)14-30-15-20-10-23(33-25-24(20)37-16-28(25,4)5)26(36)32-22-9-7-8-21(11-22)29(12-19(3)13-29)27-34-31-17-35(27)6/h7-11,17-19,30H,12-16H2,1-6H3,(H,32,36). The molecule has 196 valence electrons. The van der Waals surface area contributed by atoms with Gasteiger partial charge in [-0.15, -0.1) is 10.2 Å². The number of fused-ring (bicyclic) bond motifs is 1. The number of amides is 1. The maximum atomic E-state index is 13.5. The zero-order valence-electron chi connectivity index (χ0n) is 22.8. The van der Waals surface area contributed by atoms with Crippen LogP contribution in [0.3, 0.4) is 0 Å². The number of hydrogen-bond acceptors (Lipinski definition) is 6. The van der Waals surface area contributed by atoms with Gasteiger partial charge in [-0.2, -0.15) is 0 Å². The van der Waals surface area contributed by atoms with E-state index in [1.807, 2.05) is 29.8 Å². The number of nitrogens with zero attached hydrogens (tertiary/aromatic N) is 4. The summed E-state index contributed by atoms with van der Waals surface area (Å²) in [4.78, 5) is 18.3. The van der Waals surface area contributed by atoms with Gasteiger partial charge in [-0.25, -0.2) is 4.98 Å². The van der Waals surface area contributed by atoms with Crippen molar-refractivity contribution >= 4 is 11.6 Å². The van der Waals surface area contributed by atoms with E-state index in [0.717, 1.165) is 53.5 Å². The molecule has 2 N–H and O–H groups in total. The number of carbonyl (C=O) groups excluding carboxylic acids is 1. The van der Waals surface area contributed by atoms with Crippen molar-refractivity contribution in [1.82, 2.24) is 25.1 Å². The molecule has 3 heterocycles. The van der Waals surface area contributed by atoms with Crippen LogP contribution in [0.4, 0.5) is 5.69 Å². The molecule has 1 amide bonds. The predicted octanol–water partition coefficient (Wildman–Crippen LogP) is 4.59. The largest absolute Gasteiger partial charge is 0.490 e. The Kier molecular flexibility index (Phi) is 6.56. The number of rotatable bonds is 8. The fraction of sp³-hybridized carbons (Fsp3) is 0.517. The molecular formula is C29H38N6O2. The number of anilines is 1.